The summed E-state index contributed by atoms with van der Waals surface area (Å²) in [6.45, 7) is 7.41. The van der Waals surface area contributed by atoms with Crippen molar-refractivity contribution in [3.05, 3.63) is 42.2 Å². The summed E-state index contributed by atoms with van der Waals surface area (Å²) in [6.07, 6.45) is 9.01. The van der Waals surface area contributed by atoms with Gasteiger partial charge in [-0.05, 0) is 57.7 Å². The van der Waals surface area contributed by atoms with Crippen molar-refractivity contribution in [2.45, 2.75) is 51.5 Å². The van der Waals surface area contributed by atoms with Gasteiger partial charge in [-0.1, -0.05) is 18.6 Å². The first-order valence-corrected chi connectivity index (χ1v) is 11.4. The molecule has 2 saturated heterocycles. The summed E-state index contributed by atoms with van der Waals surface area (Å²) in [4.78, 5) is 26.2. The molecule has 2 aliphatic heterocycles. The van der Waals surface area contributed by atoms with Crippen LogP contribution in [0.5, 0.6) is 0 Å². The van der Waals surface area contributed by atoms with E-state index in [0.29, 0.717) is 11.6 Å². The van der Waals surface area contributed by atoms with Crippen LogP contribution in [0.3, 0.4) is 0 Å². The quantitative estimate of drug-likeness (QED) is 0.709. The molecule has 1 amide bonds. The zero-order chi connectivity index (χ0) is 20.8. The summed E-state index contributed by atoms with van der Waals surface area (Å²) in [6, 6.07) is 10.4. The second-order valence-electron chi connectivity index (χ2n) is 8.52. The van der Waals surface area contributed by atoms with E-state index >= 15 is 0 Å². The Bertz CT molecular complexity index is 832. The number of nitrogens with zero attached hydrogens (tertiary/aromatic N) is 4. The van der Waals surface area contributed by atoms with Crippen molar-refractivity contribution in [1.82, 2.24) is 20.2 Å². The maximum absolute atomic E-state index is 12.5. The Morgan fingerprint density at radius 3 is 2.60 bits per heavy atom. The van der Waals surface area contributed by atoms with Crippen LogP contribution in [-0.2, 0) is 0 Å². The minimum absolute atomic E-state index is 0.00585. The summed E-state index contributed by atoms with van der Waals surface area (Å²) < 4.78 is 0. The molecule has 0 aliphatic carbocycles. The van der Waals surface area contributed by atoms with E-state index in [1.807, 2.05) is 30.3 Å². The molecule has 4 rings (SSSR count). The lowest BCUT2D eigenvalue weighted by atomic mass is 10.0. The fraction of sp³-hybridized carbons (Fsp3) is 0.542. The van der Waals surface area contributed by atoms with Crippen molar-refractivity contribution >= 4 is 11.7 Å². The van der Waals surface area contributed by atoms with Gasteiger partial charge in [0, 0.05) is 49.4 Å². The van der Waals surface area contributed by atoms with Crippen LogP contribution in [-0.4, -0.2) is 59.5 Å². The predicted octanol–water partition coefficient (Wildman–Crippen LogP) is 3.74. The zero-order valence-corrected chi connectivity index (χ0v) is 18.0. The van der Waals surface area contributed by atoms with Crippen LogP contribution in [0.2, 0.25) is 0 Å². The fourth-order valence-corrected chi connectivity index (χ4v) is 4.49. The molecule has 1 aromatic carbocycles. The second-order valence-corrected chi connectivity index (χ2v) is 8.52. The minimum Gasteiger partial charge on any atom is -0.357 e. The molecule has 2 aliphatic rings. The van der Waals surface area contributed by atoms with E-state index < -0.39 is 0 Å². The number of hydrogen-bond donors (Lipinski definition) is 1. The first-order valence-electron chi connectivity index (χ1n) is 11.4. The third-order valence-corrected chi connectivity index (χ3v) is 6.37. The molecule has 6 nitrogen and oxygen atoms in total. The first kappa shape index (κ1) is 20.8. The monoisotopic (exact) mass is 407 g/mol. The van der Waals surface area contributed by atoms with Gasteiger partial charge in [0.2, 0.25) is 0 Å². The van der Waals surface area contributed by atoms with E-state index in [9.17, 15) is 4.79 Å². The smallest absolute Gasteiger partial charge is 0.251 e. The summed E-state index contributed by atoms with van der Waals surface area (Å²) in [5.41, 5.74) is 2.60. The Hall–Kier alpha value is -2.47. The van der Waals surface area contributed by atoms with Crippen LogP contribution in [0.15, 0.2) is 36.7 Å². The van der Waals surface area contributed by atoms with Crippen LogP contribution in [0, 0.1) is 0 Å². The average molecular weight is 408 g/mol. The molecule has 1 aromatic heterocycles. The summed E-state index contributed by atoms with van der Waals surface area (Å²) >= 11 is 0. The lowest BCUT2D eigenvalue weighted by Gasteiger charge is -2.33. The number of benzene rings is 1. The van der Waals surface area contributed by atoms with Crippen molar-refractivity contribution in [2.24, 2.45) is 0 Å². The van der Waals surface area contributed by atoms with Gasteiger partial charge in [0.1, 0.15) is 12.1 Å². The highest BCUT2D eigenvalue weighted by atomic mass is 16.1. The molecule has 0 saturated carbocycles. The van der Waals surface area contributed by atoms with Crippen molar-refractivity contribution in [3.8, 4) is 11.3 Å². The fourth-order valence-electron chi connectivity index (χ4n) is 4.49. The molecule has 30 heavy (non-hydrogen) atoms. The minimum atomic E-state index is -0.00585. The summed E-state index contributed by atoms with van der Waals surface area (Å²) in [5.74, 6) is 0.982. The van der Waals surface area contributed by atoms with E-state index in [1.54, 1.807) is 6.33 Å². The highest BCUT2D eigenvalue weighted by Crippen LogP contribution is 2.23. The van der Waals surface area contributed by atoms with Gasteiger partial charge in [0.25, 0.3) is 5.91 Å². The number of piperidine rings is 1. The Morgan fingerprint density at radius 1 is 1.07 bits per heavy atom. The SMILES string of the molecule is CC1CCCCN1CCCNC(=O)c1ccc(-c2cc(N3CCCC3)ncn2)cc1. The van der Waals surface area contributed by atoms with E-state index in [1.165, 1.54) is 38.6 Å². The predicted molar refractivity (Wildman–Crippen MR) is 121 cm³/mol. The maximum atomic E-state index is 12.5. The standard InChI is InChI=1S/C24H33N5O/c1-19-7-2-3-13-28(19)16-6-12-25-24(30)21-10-8-20(9-11-21)22-17-23(27-18-26-22)29-14-4-5-15-29/h8-11,17-19H,2-7,12-16H2,1H3,(H,25,30). The second kappa shape index (κ2) is 10.0. The number of anilines is 1. The van der Waals surface area contributed by atoms with Crippen molar-refractivity contribution in [2.75, 3.05) is 37.6 Å². The van der Waals surface area contributed by atoms with E-state index in [4.69, 9.17) is 0 Å². The molecule has 3 heterocycles. The number of hydrogen-bond acceptors (Lipinski definition) is 5. The molecule has 0 radical (unpaired) electrons. The number of amides is 1. The molecule has 1 unspecified atom stereocenters. The van der Waals surface area contributed by atoms with E-state index in [2.05, 4.69) is 32.0 Å². The van der Waals surface area contributed by atoms with Gasteiger partial charge in [-0.2, -0.15) is 0 Å². The lowest BCUT2D eigenvalue weighted by Crippen LogP contribution is -2.39. The molecule has 160 valence electrons. The molecule has 6 heteroatoms. The van der Waals surface area contributed by atoms with Gasteiger partial charge in [-0.3, -0.25) is 4.79 Å². The summed E-state index contributed by atoms with van der Waals surface area (Å²) in [7, 11) is 0. The highest BCUT2D eigenvalue weighted by Gasteiger charge is 2.17. The number of carbonyl (C=O) groups excluding carboxylic acids is 1. The average Bonchev–Trinajstić information content (AvgIpc) is 3.33. The molecule has 2 aromatic rings. The van der Waals surface area contributed by atoms with Crippen molar-refractivity contribution in [1.29, 1.82) is 0 Å². The molecule has 0 bridgehead atoms. The number of nitrogens with one attached hydrogen (secondary N) is 1. The van der Waals surface area contributed by atoms with Crippen LogP contribution in [0.4, 0.5) is 5.82 Å². The van der Waals surface area contributed by atoms with Gasteiger partial charge >= 0.3 is 0 Å². The molecule has 0 spiro atoms. The van der Waals surface area contributed by atoms with Gasteiger partial charge in [0.15, 0.2) is 0 Å². The number of carbonyl (C=O) groups is 1. The number of likely N-dealkylation sites (tertiary alicyclic amines) is 1. The van der Waals surface area contributed by atoms with Crippen LogP contribution >= 0.6 is 0 Å². The van der Waals surface area contributed by atoms with Crippen LogP contribution < -0.4 is 10.2 Å². The summed E-state index contributed by atoms with van der Waals surface area (Å²) in [5, 5.41) is 3.06. The third-order valence-electron chi connectivity index (χ3n) is 6.37. The number of rotatable bonds is 7. The normalized spacial score (nSPS) is 19.8. The Morgan fingerprint density at radius 2 is 1.83 bits per heavy atom. The molecule has 1 atom stereocenters. The number of aromatic nitrogens is 2. The van der Waals surface area contributed by atoms with Gasteiger partial charge in [0.05, 0.1) is 5.69 Å². The largest absolute Gasteiger partial charge is 0.357 e. The molecule has 1 N–H and O–H groups in total. The van der Waals surface area contributed by atoms with Crippen molar-refractivity contribution in [3.63, 3.8) is 0 Å². The molecule has 2 fully saturated rings. The first-order chi connectivity index (χ1) is 14.7. The topological polar surface area (TPSA) is 61.4 Å². The zero-order valence-electron chi connectivity index (χ0n) is 18.0. The molecular weight excluding hydrogens is 374 g/mol. The molecular formula is C24H33N5O. The Labute approximate surface area is 179 Å². The van der Waals surface area contributed by atoms with Gasteiger partial charge in [-0.15, -0.1) is 0 Å². The van der Waals surface area contributed by atoms with Crippen LogP contribution in [0.25, 0.3) is 11.3 Å². The van der Waals surface area contributed by atoms with E-state index in [0.717, 1.165) is 49.7 Å². The van der Waals surface area contributed by atoms with Gasteiger partial charge in [-0.25, -0.2) is 9.97 Å². The van der Waals surface area contributed by atoms with Crippen molar-refractivity contribution < 1.29 is 4.79 Å². The lowest BCUT2D eigenvalue weighted by molar-refractivity contribution is 0.0949. The van der Waals surface area contributed by atoms with Gasteiger partial charge < -0.3 is 15.1 Å². The third kappa shape index (κ3) is 5.17. The highest BCUT2D eigenvalue weighted by molar-refractivity contribution is 5.94. The van der Waals surface area contributed by atoms with Crippen LogP contribution in [0.1, 0.15) is 55.8 Å². The Kier molecular flexibility index (Phi) is 6.95. The maximum Gasteiger partial charge on any atom is 0.251 e. The van der Waals surface area contributed by atoms with E-state index in [-0.39, 0.29) is 5.91 Å². The Balaban J connectivity index is 1.29.